The highest BCUT2D eigenvalue weighted by Gasteiger charge is 2.34. The summed E-state index contributed by atoms with van der Waals surface area (Å²) in [5.74, 6) is -0.893. The molecule has 0 aliphatic rings. The molecule has 0 aromatic heterocycles. The van der Waals surface area contributed by atoms with Gasteiger partial charge in [0, 0.05) is 11.0 Å². The lowest BCUT2D eigenvalue weighted by Crippen LogP contribution is -2.46. The Bertz CT molecular complexity index is 583. The smallest absolute Gasteiger partial charge is 0.328 e. The molecule has 0 aliphatic heterocycles. The molecule has 0 spiro atoms. The predicted octanol–water partition coefficient (Wildman–Crippen LogP) is 3.54. The molecule has 0 fully saturated rings. The Morgan fingerprint density at radius 1 is 1.15 bits per heavy atom. The number of benzene rings is 2. The number of carbonyl (C=O) groups is 1. The van der Waals surface area contributed by atoms with Crippen LogP contribution in [0.3, 0.4) is 0 Å². The minimum atomic E-state index is -1.11. The van der Waals surface area contributed by atoms with E-state index in [0.717, 1.165) is 15.6 Å². The van der Waals surface area contributed by atoms with Crippen molar-refractivity contribution in [3.8, 4) is 0 Å². The molecule has 2 rings (SSSR count). The monoisotopic (exact) mass is 333 g/mol. The molecule has 2 aromatic carbocycles. The van der Waals surface area contributed by atoms with Crippen molar-refractivity contribution in [1.82, 2.24) is 5.32 Å². The van der Waals surface area contributed by atoms with Gasteiger partial charge in [-0.2, -0.15) is 0 Å². The maximum Gasteiger partial charge on any atom is 0.328 e. The molecule has 0 unspecified atom stereocenters. The van der Waals surface area contributed by atoms with Crippen molar-refractivity contribution in [3.05, 3.63) is 70.2 Å². The normalized spacial score (nSPS) is 13.7. The van der Waals surface area contributed by atoms with Gasteiger partial charge >= 0.3 is 5.97 Å². The second-order valence-electron chi connectivity index (χ2n) is 4.78. The summed E-state index contributed by atoms with van der Waals surface area (Å²) in [7, 11) is 0. The third kappa shape index (κ3) is 3.26. The number of hydrogen-bond acceptors (Lipinski definition) is 2. The topological polar surface area (TPSA) is 49.3 Å². The molecule has 0 heterocycles. The van der Waals surface area contributed by atoms with Crippen LogP contribution in [0.5, 0.6) is 0 Å². The van der Waals surface area contributed by atoms with Gasteiger partial charge in [0.05, 0.1) is 0 Å². The Labute approximate surface area is 126 Å². The summed E-state index contributed by atoms with van der Waals surface area (Å²) < 4.78 is 0.928. The number of carboxylic acids is 1. The van der Waals surface area contributed by atoms with Gasteiger partial charge in [0.15, 0.2) is 0 Å². The van der Waals surface area contributed by atoms with E-state index in [4.69, 9.17) is 0 Å². The zero-order valence-electron chi connectivity index (χ0n) is 11.1. The van der Waals surface area contributed by atoms with Crippen LogP contribution in [0.4, 0.5) is 0 Å². The number of nitrogens with one attached hydrogen (secondary N) is 1. The van der Waals surface area contributed by atoms with E-state index in [-0.39, 0.29) is 0 Å². The van der Waals surface area contributed by atoms with Gasteiger partial charge in [-0.1, -0.05) is 58.4 Å². The summed E-state index contributed by atoms with van der Waals surface area (Å²) in [5, 5.41) is 12.7. The summed E-state index contributed by atoms with van der Waals surface area (Å²) >= 11 is 3.36. The van der Waals surface area contributed by atoms with Crippen LogP contribution in [0.2, 0.25) is 0 Å². The lowest BCUT2D eigenvalue weighted by Gasteiger charge is -2.27. The van der Waals surface area contributed by atoms with Gasteiger partial charge in [0.1, 0.15) is 5.54 Å². The fourth-order valence-corrected chi connectivity index (χ4v) is 2.22. The summed E-state index contributed by atoms with van der Waals surface area (Å²) in [4.78, 5) is 11.7. The van der Waals surface area contributed by atoms with E-state index < -0.39 is 11.5 Å². The maximum atomic E-state index is 11.7. The van der Waals surface area contributed by atoms with Crippen molar-refractivity contribution >= 4 is 21.9 Å². The molecule has 0 bridgehead atoms. The molecular formula is C16H16BrNO2. The molecule has 2 aromatic rings. The highest BCUT2D eigenvalue weighted by molar-refractivity contribution is 9.10. The van der Waals surface area contributed by atoms with Crippen LogP contribution < -0.4 is 5.32 Å². The van der Waals surface area contributed by atoms with Gasteiger partial charge < -0.3 is 5.11 Å². The molecule has 0 saturated carbocycles. The van der Waals surface area contributed by atoms with Crippen LogP contribution in [0.15, 0.2) is 59.1 Å². The van der Waals surface area contributed by atoms with Crippen LogP contribution in [0.25, 0.3) is 0 Å². The van der Waals surface area contributed by atoms with Gasteiger partial charge in [-0.05, 0) is 30.2 Å². The summed E-state index contributed by atoms with van der Waals surface area (Å²) in [6, 6.07) is 17.1. The first kappa shape index (κ1) is 14.8. The number of halogens is 1. The van der Waals surface area contributed by atoms with Gasteiger partial charge in [-0.3, -0.25) is 5.32 Å². The molecule has 3 nitrogen and oxygen atoms in total. The Hall–Kier alpha value is -1.65. The molecule has 0 saturated heterocycles. The highest BCUT2D eigenvalue weighted by atomic mass is 79.9. The van der Waals surface area contributed by atoms with Crippen molar-refractivity contribution in [3.63, 3.8) is 0 Å². The fourth-order valence-electron chi connectivity index (χ4n) is 1.96. The van der Waals surface area contributed by atoms with Crippen LogP contribution in [-0.4, -0.2) is 11.1 Å². The molecule has 4 heteroatoms. The second kappa shape index (κ2) is 6.20. The SMILES string of the molecule is C[C@](NCc1ccccc1)(C(=O)O)c1ccc(Br)cc1. The predicted molar refractivity (Wildman–Crippen MR) is 82.4 cm³/mol. The number of rotatable bonds is 5. The zero-order valence-corrected chi connectivity index (χ0v) is 12.7. The molecule has 0 amide bonds. The van der Waals surface area contributed by atoms with E-state index >= 15 is 0 Å². The Kier molecular flexibility index (Phi) is 4.57. The van der Waals surface area contributed by atoms with E-state index in [1.807, 2.05) is 54.6 Å². The van der Waals surface area contributed by atoms with Gasteiger partial charge in [-0.15, -0.1) is 0 Å². The van der Waals surface area contributed by atoms with Crippen LogP contribution >= 0.6 is 15.9 Å². The van der Waals surface area contributed by atoms with E-state index in [1.54, 1.807) is 6.92 Å². The van der Waals surface area contributed by atoms with Crippen molar-refractivity contribution in [2.45, 2.75) is 19.0 Å². The number of aliphatic carboxylic acids is 1. The maximum absolute atomic E-state index is 11.7. The van der Waals surface area contributed by atoms with Crippen LogP contribution in [0, 0.1) is 0 Å². The first-order valence-electron chi connectivity index (χ1n) is 6.31. The highest BCUT2D eigenvalue weighted by Crippen LogP contribution is 2.23. The molecule has 2 N–H and O–H groups in total. The van der Waals surface area contributed by atoms with E-state index in [9.17, 15) is 9.90 Å². The second-order valence-corrected chi connectivity index (χ2v) is 5.69. The lowest BCUT2D eigenvalue weighted by atomic mass is 9.92. The summed E-state index contributed by atoms with van der Waals surface area (Å²) in [6.07, 6.45) is 0. The Morgan fingerprint density at radius 2 is 1.75 bits per heavy atom. The standard InChI is InChI=1S/C16H16BrNO2/c1-16(15(19)20,13-7-9-14(17)10-8-13)18-11-12-5-3-2-4-6-12/h2-10,18H,11H2,1H3,(H,19,20)/t16-/m1/s1. The van der Waals surface area contributed by atoms with E-state index in [1.165, 1.54) is 0 Å². The zero-order chi connectivity index (χ0) is 14.6. The van der Waals surface area contributed by atoms with Gasteiger partial charge in [-0.25, -0.2) is 4.79 Å². The third-order valence-corrected chi connectivity index (χ3v) is 3.87. The quantitative estimate of drug-likeness (QED) is 0.879. The fraction of sp³-hybridized carbons (Fsp3) is 0.188. The molecule has 0 aliphatic carbocycles. The van der Waals surface area contributed by atoms with Crippen molar-refractivity contribution < 1.29 is 9.90 Å². The largest absolute Gasteiger partial charge is 0.480 e. The molecule has 0 radical (unpaired) electrons. The molecule has 1 atom stereocenters. The molecule has 104 valence electrons. The molecular weight excluding hydrogens is 318 g/mol. The van der Waals surface area contributed by atoms with Crippen molar-refractivity contribution in [2.24, 2.45) is 0 Å². The van der Waals surface area contributed by atoms with Gasteiger partial charge in [0.2, 0.25) is 0 Å². The summed E-state index contributed by atoms with van der Waals surface area (Å²) in [6.45, 7) is 2.18. The average Bonchev–Trinajstić information content (AvgIpc) is 2.46. The van der Waals surface area contributed by atoms with E-state index in [2.05, 4.69) is 21.2 Å². The minimum Gasteiger partial charge on any atom is -0.480 e. The summed E-state index contributed by atoms with van der Waals surface area (Å²) in [5.41, 5.74) is 0.664. The Balaban J connectivity index is 2.21. The third-order valence-electron chi connectivity index (χ3n) is 3.34. The van der Waals surface area contributed by atoms with Crippen molar-refractivity contribution in [2.75, 3.05) is 0 Å². The lowest BCUT2D eigenvalue weighted by molar-refractivity contribution is -0.144. The minimum absolute atomic E-state index is 0.500. The van der Waals surface area contributed by atoms with Crippen molar-refractivity contribution in [1.29, 1.82) is 0 Å². The van der Waals surface area contributed by atoms with Crippen LogP contribution in [0.1, 0.15) is 18.1 Å². The first-order chi connectivity index (χ1) is 9.52. The average molecular weight is 334 g/mol. The Morgan fingerprint density at radius 3 is 2.30 bits per heavy atom. The van der Waals surface area contributed by atoms with E-state index in [0.29, 0.717) is 6.54 Å². The molecule has 20 heavy (non-hydrogen) atoms. The van der Waals surface area contributed by atoms with Gasteiger partial charge in [0.25, 0.3) is 0 Å². The first-order valence-corrected chi connectivity index (χ1v) is 7.10. The number of carboxylic acid groups (broad SMARTS) is 1. The number of hydrogen-bond donors (Lipinski definition) is 2. The van der Waals surface area contributed by atoms with Crippen LogP contribution in [-0.2, 0) is 16.9 Å².